The van der Waals surface area contributed by atoms with Crippen LogP contribution >= 0.6 is 23.5 Å². The topological polar surface area (TPSA) is 211 Å². The second kappa shape index (κ2) is 9.93. The molecule has 1 fully saturated rings. The molecule has 14 nitrogen and oxygen atoms in total. The molecule has 7 N–H and O–H groups in total. The zero-order chi connectivity index (χ0) is 25.3. The largest absolute Gasteiger partial charge is 0.477 e. The average Bonchev–Trinajstić information content (AvgIpc) is 3.24. The third kappa shape index (κ3) is 4.94. The maximum absolute atomic E-state index is 12.8. The van der Waals surface area contributed by atoms with Crippen molar-refractivity contribution in [2.24, 2.45) is 18.5 Å². The molecule has 2 unspecified atom stereocenters. The van der Waals surface area contributed by atoms with Crippen LogP contribution in [0.2, 0.25) is 0 Å². The molecule has 1 saturated heterocycles. The molecular formula is C19H21N9O5S2. The summed E-state index contributed by atoms with van der Waals surface area (Å²) in [5.41, 5.74) is 12.5. The Bertz CT molecular complexity index is 1220. The van der Waals surface area contributed by atoms with Crippen molar-refractivity contribution >= 4 is 53.0 Å². The Hall–Kier alpha value is -3.63. The van der Waals surface area contributed by atoms with Gasteiger partial charge in [-0.1, -0.05) is 23.9 Å². The van der Waals surface area contributed by atoms with Crippen LogP contribution in [0.25, 0.3) is 0 Å². The molecule has 16 heteroatoms. The summed E-state index contributed by atoms with van der Waals surface area (Å²) in [5, 5.41) is 25.9. The first-order chi connectivity index (χ1) is 16.7. The molecule has 3 atom stereocenters. The highest BCUT2D eigenvalue weighted by Gasteiger charge is 2.54. The van der Waals surface area contributed by atoms with Crippen LogP contribution in [0, 0.1) is 0 Å². The highest BCUT2D eigenvalue weighted by molar-refractivity contribution is 8.01. The minimum absolute atomic E-state index is 0.0892. The molecule has 4 rings (SSSR count). The molecule has 2 aromatic rings. The zero-order valence-corrected chi connectivity index (χ0v) is 19.9. The van der Waals surface area contributed by atoms with E-state index in [4.69, 9.17) is 11.5 Å². The molecule has 3 heterocycles. The van der Waals surface area contributed by atoms with E-state index in [1.54, 1.807) is 31.3 Å². The highest BCUT2D eigenvalue weighted by atomic mass is 32.2. The molecule has 0 spiro atoms. The number of aliphatic carboxylic acids is 1. The number of β-lactam (4-membered cyclic amide) rings is 1. The SMILES string of the molecule is Cn1nnnc1SCC1=C(C(=O)O)N2C(=O)C(NC(=O)C(N)c3ccc(NC(N)=O)cc3)[C@@H]2SC1. The maximum atomic E-state index is 12.8. The number of rotatable bonds is 8. The van der Waals surface area contributed by atoms with Crippen LogP contribution in [0.1, 0.15) is 11.6 Å². The summed E-state index contributed by atoms with van der Waals surface area (Å²) in [7, 11) is 1.67. The van der Waals surface area contributed by atoms with E-state index in [1.807, 2.05) is 0 Å². The van der Waals surface area contributed by atoms with Gasteiger partial charge in [0.2, 0.25) is 11.1 Å². The monoisotopic (exact) mass is 519 g/mol. The normalized spacial score (nSPS) is 20.1. The molecule has 184 valence electrons. The van der Waals surface area contributed by atoms with Crippen LogP contribution in [0.5, 0.6) is 0 Å². The Kier molecular flexibility index (Phi) is 6.95. The summed E-state index contributed by atoms with van der Waals surface area (Å²) in [6.45, 7) is 0. The average molecular weight is 520 g/mol. The smallest absolute Gasteiger partial charge is 0.352 e. The minimum atomic E-state index is -1.22. The van der Waals surface area contributed by atoms with Gasteiger partial charge in [0.25, 0.3) is 5.91 Å². The first-order valence-electron chi connectivity index (χ1n) is 10.1. The second-order valence-corrected chi connectivity index (χ2v) is 9.66. The van der Waals surface area contributed by atoms with E-state index in [9.17, 15) is 24.3 Å². The lowest BCUT2D eigenvalue weighted by atomic mass is 10.0. The lowest BCUT2D eigenvalue weighted by molar-refractivity contribution is -0.150. The van der Waals surface area contributed by atoms with Crippen molar-refractivity contribution in [2.75, 3.05) is 16.8 Å². The number of carboxylic acid groups (broad SMARTS) is 1. The minimum Gasteiger partial charge on any atom is -0.477 e. The zero-order valence-electron chi connectivity index (χ0n) is 18.2. The molecular weight excluding hydrogens is 498 g/mol. The number of fused-ring (bicyclic) bond motifs is 1. The van der Waals surface area contributed by atoms with Crippen molar-refractivity contribution in [2.45, 2.75) is 22.6 Å². The number of primary amides is 1. The number of amides is 4. The molecule has 1 aromatic heterocycles. The fourth-order valence-corrected chi connectivity index (χ4v) is 5.93. The van der Waals surface area contributed by atoms with E-state index in [2.05, 4.69) is 26.2 Å². The van der Waals surface area contributed by atoms with E-state index in [1.165, 1.54) is 33.1 Å². The Morgan fingerprint density at radius 3 is 2.63 bits per heavy atom. The number of carbonyl (C=O) groups is 4. The van der Waals surface area contributed by atoms with Gasteiger partial charge in [0.15, 0.2) is 0 Å². The first kappa shape index (κ1) is 24.5. The number of nitrogens with one attached hydrogen (secondary N) is 2. The number of hydrogen-bond donors (Lipinski definition) is 5. The van der Waals surface area contributed by atoms with E-state index in [0.29, 0.717) is 33.5 Å². The quantitative estimate of drug-likeness (QED) is 0.216. The van der Waals surface area contributed by atoms with Crippen LogP contribution < -0.4 is 22.1 Å². The van der Waals surface area contributed by atoms with Gasteiger partial charge in [0, 0.05) is 24.2 Å². The lowest BCUT2D eigenvalue weighted by Crippen LogP contribution is -2.71. The van der Waals surface area contributed by atoms with Gasteiger partial charge in [-0.3, -0.25) is 14.5 Å². The van der Waals surface area contributed by atoms with Crippen molar-refractivity contribution in [3.8, 4) is 0 Å². The Balaban J connectivity index is 1.42. The molecule has 0 saturated carbocycles. The molecule has 35 heavy (non-hydrogen) atoms. The number of aryl methyl sites for hydroxylation is 1. The summed E-state index contributed by atoms with van der Waals surface area (Å²) >= 11 is 2.62. The fourth-order valence-electron chi connectivity index (χ4n) is 3.60. The third-order valence-corrected chi connectivity index (χ3v) is 7.76. The van der Waals surface area contributed by atoms with Gasteiger partial charge in [-0.2, -0.15) is 0 Å². The van der Waals surface area contributed by atoms with Gasteiger partial charge >= 0.3 is 12.0 Å². The van der Waals surface area contributed by atoms with Crippen LogP contribution in [-0.4, -0.2) is 76.9 Å². The number of aromatic nitrogens is 4. The number of carboxylic acids is 1. The van der Waals surface area contributed by atoms with Crippen LogP contribution in [0.3, 0.4) is 0 Å². The number of thioether (sulfide) groups is 2. The van der Waals surface area contributed by atoms with Crippen molar-refractivity contribution in [3.63, 3.8) is 0 Å². The maximum Gasteiger partial charge on any atom is 0.352 e. The van der Waals surface area contributed by atoms with Crippen molar-refractivity contribution in [3.05, 3.63) is 41.1 Å². The van der Waals surface area contributed by atoms with Crippen LogP contribution in [0.15, 0.2) is 40.7 Å². The van der Waals surface area contributed by atoms with E-state index in [-0.39, 0.29) is 5.70 Å². The first-order valence-corrected chi connectivity index (χ1v) is 12.2. The van der Waals surface area contributed by atoms with Gasteiger partial charge in [0.05, 0.1) is 0 Å². The lowest BCUT2D eigenvalue weighted by Gasteiger charge is -2.49. The van der Waals surface area contributed by atoms with Crippen molar-refractivity contribution in [1.29, 1.82) is 0 Å². The molecule has 4 amide bonds. The molecule has 2 aliphatic rings. The Morgan fingerprint density at radius 1 is 1.31 bits per heavy atom. The Labute approximate surface area is 206 Å². The summed E-state index contributed by atoms with van der Waals surface area (Å²) < 4.78 is 1.47. The second-order valence-electron chi connectivity index (χ2n) is 7.62. The molecule has 1 aromatic carbocycles. The molecule has 0 bridgehead atoms. The van der Waals surface area contributed by atoms with Gasteiger partial charge in [-0.25, -0.2) is 14.3 Å². The number of hydrogen-bond acceptors (Lipinski definition) is 10. The van der Waals surface area contributed by atoms with Crippen LogP contribution in [-0.2, 0) is 21.4 Å². The van der Waals surface area contributed by atoms with E-state index >= 15 is 0 Å². The number of carbonyl (C=O) groups excluding carboxylic acids is 3. The summed E-state index contributed by atoms with van der Waals surface area (Å²) in [6, 6.07) is 3.50. The third-order valence-electron chi connectivity index (χ3n) is 5.32. The number of benzene rings is 1. The van der Waals surface area contributed by atoms with Gasteiger partial charge in [-0.05, 0) is 33.7 Å². The predicted octanol–water partition coefficient (Wildman–Crippen LogP) is -0.769. The number of nitrogens with two attached hydrogens (primary N) is 2. The summed E-state index contributed by atoms with van der Waals surface area (Å²) in [4.78, 5) is 49.7. The van der Waals surface area contributed by atoms with Gasteiger partial charge in [-0.15, -0.1) is 16.9 Å². The van der Waals surface area contributed by atoms with E-state index in [0.717, 1.165) is 0 Å². The number of anilines is 1. The van der Waals surface area contributed by atoms with Crippen LogP contribution in [0.4, 0.5) is 10.5 Å². The highest BCUT2D eigenvalue weighted by Crippen LogP contribution is 2.41. The number of urea groups is 1. The van der Waals surface area contributed by atoms with Gasteiger partial charge < -0.3 is 27.2 Å². The molecule has 0 aliphatic carbocycles. The standard InChI is InChI=1S/C19H21N9O5S2/c1-27-19(24-25-26-27)35-7-9-6-34-16-12(15(30)28(16)13(9)17(31)32)23-14(29)11(20)8-2-4-10(5-3-8)22-18(21)33/h2-5,11-12,16H,6-7,20H2,1H3,(H,23,29)(H,31,32)(H3,21,22,33)/t11?,12?,16-/m0/s1. The molecule has 0 radical (unpaired) electrons. The predicted molar refractivity (Wildman–Crippen MR) is 126 cm³/mol. The van der Waals surface area contributed by atoms with E-state index < -0.39 is 41.3 Å². The Morgan fingerprint density at radius 2 is 2.03 bits per heavy atom. The number of nitrogens with zero attached hydrogens (tertiary/aromatic N) is 5. The summed E-state index contributed by atoms with van der Waals surface area (Å²) in [5.74, 6) is -1.68. The van der Waals surface area contributed by atoms with Crippen molar-refractivity contribution < 1.29 is 24.3 Å². The molecule has 2 aliphatic heterocycles. The number of tetrazole rings is 1. The summed E-state index contributed by atoms with van der Waals surface area (Å²) in [6.07, 6.45) is 0. The van der Waals surface area contributed by atoms with Gasteiger partial charge in [0.1, 0.15) is 23.2 Å². The van der Waals surface area contributed by atoms with Crippen molar-refractivity contribution in [1.82, 2.24) is 30.4 Å². The fraction of sp³-hybridized carbons (Fsp3) is 0.316.